The minimum Gasteiger partial charge on any atom is -0.443 e. The third kappa shape index (κ3) is 4.67. The number of methoxy groups -OCH3 is 1. The van der Waals surface area contributed by atoms with E-state index in [1.165, 1.54) is 0 Å². The van der Waals surface area contributed by atoms with Crippen molar-refractivity contribution in [1.82, 2.24) is 30.1 Å². The van der Waals surface area contributed by atoms with Crippen LogP contribution in [0.1, 0.15) is 49.7 Å². The molecule has 4 rings (SSSR count). The van der Waals surface area contributed by atoms with Crippen molar-refractivity contribution < 1.29 is 18.7 Å². The van der Waals surface area contributed by atoms with Crippen molar-refractivity contribution in [3.63, 3.8) is 0 Å². The number of amides is 1. The van der Waals surface area contributed by atoms with Crippen molar-refractivity contribution in [2.75, 3.05) is 12.4 Å². The number of alkyl halides is 1. The summed E-state index contributed by atoms with van der Waals surface area (Å²) in [5.74, 6) is 0.681. The molecule has 3 aromatic heterocycles. The van der Waals surface area contributed by atoms with Crippen LogP contribution < -0.4 is 10.6 Å². The number of carbonyl (C=O) groups is 1. The van der Waals surface area contributed by atoms with Gasteiger partial charge in [0, 0.05) is 30.8 Å². The number of carbonyl (C=O) groups excluding carboxylic acids is 1. The maximum Gasteiger partial charge on any atom is 0.407 e. The van der Waals surface area contributed by atoms with Gasteiger partial charge in [-0.2, -0.15) is 10.2 Å². The molecule has 1 saturated carbocycles. The van der Waals surface area contributed by atoms with E-state index in [9.17, 15) is 9.18 Å². The van der Waals surface area contributed by atoms with Crippen LogP contribution in [-0.4, -0.2) is 56.3 Å². The Morgan fingerprint density at radius 1 is 1.38 bits per heavy atom. The first-order chi connectivity index (χ1) is 15.3. The number of halogens is 1. The monoisotopic (exact) mass is 445 g/mol. The molecular formula is C21H28FN7O3. The lowest BCUT2D eigenvalue weighted by Gasteiger charge is -2.18. The fourth-order valence-electron chi connectivity index (χ4n) is 3.96. The van der Waals surface area contributed by atoms with E-state index < -0.39 is 24.3 Å². The first kappa shape index (κ1) is 22.0. The summed E-state index contributed by atoms with van der Waals surface area (Å²) in [5, 5.41) is 17.5. The molecule has 32 heavy (non-hydrogen) atoms. The molecule has 3 atom stereocenters. The van der Waals surface area contributed by atoms with E-state index >= 15 is 0 Å². The average molecular weight is 445 g/mol. The fourth-order valence-corrected chi connectivity index (χ4v) is 3.96. The number of nitrogens with zero attached hydrogens (tertiary/aromatic N) is 4. The Morgan fingerprint density at radius 3 is 2.94 bits per heavy atom. The first-order valence-electron chi connectivity index (χ1n) is 10.6. The highest BCUT2D eigenvalue weighted by Crippen LogP contribution is 2.38. The Labute approximate surface area is 184 Å². The van der Waals surface area contributed by atoms with Gasteiger partial charge in [-0.1, -0.05) is 0 Å². The summed E-state index contributed by atoms with van der Waals surface area (Å²) in [4.78, 5) is 16.4. The molecule has 0 aromatic carbocycles. The standard InChI is InChI=1S/C21H28FN7O3/c1-11(2)23-21(30)32-17-6-5-14(19(17)22)15-8-18(27-26-15)25-20-16-7-13(10-31-4)28-29(16)9-12(3)24-20/h7-9,11,14,17,19H,5-6,10H2,1-4H3,(H,23,30)(H2,24,25,26,27)/t14-,17-,19-/m1/s1. The van der Waals surface area contributed by atoms with Crippen LogP contribution in [0.2, 0.25) is 0 Å². The van der Waals surface area contributed by atoms with Crippen molar-refractivity contribution in [2.24, 2.45) is 0 Å². The summed E-state index contributed by atoms with van der Waals surface area (Å²) in [6, 6.07) is 3.59. The molecule has 1 aliphatic rings. The molecule has 0 aliphatic heterocycles. The van der Waals surface area contributed by atoms with E-state index in [2.05, 4.69) is 30.9 Å². The number of aryl methyl sites for hydroxylation is 1. The third-order valence-corrected chi connectivity index (χ3v) is 5.33. The molecule has 3 aromatic rings. The molecule has 3 N–H and O–H groups in total. The van der Waals surface area contributed by atoms with E-state index in [4.69, 9.17) is 9.47 Å². The maximum absolute atomic E-state index is 15.0. The molecule has 1 aliphatic carbocycles. The van der Waals surface area contributed by atoms with Crippen molar-refractivity contribution >= 4 is 23.2 Å². The summed E-state index contributed by atoms with van der Waals surface area (Å²) in [6.07, 6.45) is 0.162. The van der Waals surface area contributed by atoms with Gasteiger partial charge in [0.2, 0.25) is 0 Å². The average Bonchev–Trinajstić information content (AvgIpc) is 3.41. The van der Waals surface area contributed by atoms with Gasteiger partial charge in [0.15, 0.2) is 11.6 Å². The predicted molar refractivity (Wildman–Crippen MR) is 116 cm³/mol. The number of fused-ring (bicyclic) bond motifs is 1. The van der Waals surface area contributed by atoms with E-state index in [1.54, 1.807) is 17.7 Å². The SMILES string of the molecule is COCc1cc2c(Nc3cc([C@H]4CC[C@@H](OC(=O)NC(C)C)[C@@H]4F)[nH]n3)nc(C)cn2n1. The van der Waals surface area contributed by atoms with Crippen LogP contribution in [-0.2, 0) is 16.1 Å². The molecule has 0 radical (unpaired) electrons. The molecular weight excluding hydrogens is 417 g/mol. The van der Waals surface area contributed by atoms with E-state index in [-0.39, 0.29) is 6.04 Å². The van der Waals surface area contributed by atoms with Gasteiger partial charge >= 0.3 is 6.09 Å². The number of ether oxygens (including phenoxy) is 2. The molecule has 0 unspecified atom stereocenters. The Kier molecular flexibility index (Phi) is 6.26. The normalized spacial score (nSPS) is 20.8. The van der Waals surface area contributed by atoms with Crippen molar-refractivity contribution in [3.8, 4) is 0 Å². The lowest BCUT2D eigenvalue weighted by atomic mass is 10.0. The zero-order valence-corrected chi connectivity index (χ0v) is 18.6. The Morgan fingerprint density at radius 2 is 2.19 bits per heavy atom. The number of aromatic amines is 1. The molecule has 10 nitrogen and oxygen atoms in total. The number of hydrogen-bond acceptors (Lipinski definition) is 7. The Bertz CT molecular complexity index is 1100. The van der Waals surface area contributed by atoms with Crippen LogP contribution in [0, 0.1) is 6.92 Å². The summed E-state index contributed by atoms with van der Waals surface area (Å²) in [7, 11) is 1.62. The van der Waals surface area contributed by atoms with Gasteiger partial charge in [0.05, 0.1) is 24.2 Å². The highest BCUT2D eigenvalue weighted by molar-refractivity contribution is 5.72. The number of nitrogens with one attached hydrogen (secondary N) is 3. The van der Waals surface area contributed by atoms with Gasteiger partial charge in [-0.3, -0.25) is 5.10 Å². The van der Waals surface area contributed by atoms with Crippen LogP contribution in [0.5, 0.6) is 0 Å². The number of anilines is 2. The number of H-pyrrole nitrogens is 1. The largest absolute Gasteiger partial charge is 0.443 e. The molecule has 0 spiro atoms. The third-order valence-electron chi connectivity index (χ3n) is 5.33. The molecule has 3 heterocycles. The summed E-state index contributed by atoms with van der Waals surface area (Å²) >= 11 is 0. The lowest BCUT2D eigenvalue weighted by Crippen LogP contribution is -2.36. The van der Waals surface area contributed by atoms with Crippen molar-refractivity contribution in [1.29, 1.82) is 0 Å². The van der Waals surface area contributed by atoms with Crippen LogP contribution in [0.3, 0.4) is 0 Å². The molecule has 0 saturated heterocycles. The zero-order chi connectivity index (χ0) is 22.8. The molecule has 1 amide bonds. The van der Waals surface area contributed by atoms with Crippen molar-refractivity contribution in [3.05, 3.63) is 35.4 Å². The van der Waals surface area contributed by atoms with Gasteiger partial charge in [-0.25, -0.2) is 18.7 Å². The van der Waals surface area contributed by atoms with Crippen LogP contribution in [0.25, 0.3) is 5.52 Å². The van der Waals surface area contributed by atoms with E-state index in [1.807, 2.05) is 33.0 Å². The minimum absolute atomic E-state index is 0.0675. The number of aromatic nitrogens is 5. The fraction of sp³-hybridized carbons (Fsp3) is 0.524. The second kappa shape index (κ2) is 9.11. The topological polar surface area (TPSA) is 118 Å². The van der Waals surface area contributed by atoms with Gasteiger partial charge in [-0.05, 0) is 39.7 Å². The predicted octanol–water partition coefficient (Wildman–Crippen LogP) is 3.37. The summed E-state index contributed by atoms with van der Waals surface area (Å²) in [6.45, 7) is 5.92. The molecule has 1 fully saturated rings. The van der Waals surface area contributed by atoms with Gasteiger partial charge < -0.3 is 20.1 Å². The number of hydrogen-bond donors (Lipinski definition) is 3. The maximum atomic E-state index is 15.0. The lowest BCUT2D eigenvalue weighted by molar-refractivity contribution is 0.0555. The smallest absolute Gasteiger partial charge is 0.407 e. The molecule has 172 valence electrons. The summed E-state index contributed by atoms with van der Waals surface area (Å²) in [5.41, 5.74) is 2.99. The number of alkyl carbamates (subject to hydrolysis) is 1. The Balaban J connectivity index is 1.47. The van der Waals surface area contributed by atoms with Crippen LogP contribution in [0.15, 0.2) is 18.3 Å². The molecule has 11 heteroatoms. The second-order valence-electron chi connectivity index (χ2n) is 8.33. The first-order valence-corrected chi connectivity index (χ1v) is 10.6. The van der Waals surface area contributed by atoms with Gasteiger partial charge in [-0.15, -0.1) is 0 Å². The Hall–Kier alpha value is -3.21. The van der Waals surface area contributed by atoms with E-state index in [0.29, 0.717) is 36.8 Å². The van der Waals surface area contributed by atoms with Crippen molar-refractivity contribution in [2.45, 2.75) is 64.5 Å². The molecule has 0 bridgehead atoms. The quantitative estimate of drug-likeness (QED) is 0.510. The summed E-state index contributed by atoms with van der Waals surface area (Å²) < 4.78 is 27.2. The van der Waals surface area contributed by atoms with E-state index in [0.717, 1.165) is 16.9 Å². The second-order valence-corrected chi connectivity index (χ2v) is 8.33. The van der Waals surface area contributed by atoms with Gasteiger partial charge in [0.25, 0.3) is 0 Å². The van der Waals surface area contributed by atoms with Crippen LogP contribution in [0.4, 0.5) is 20.8 Å². The highest BCUT2D eigenvalue weighted by atomic mass is 19.1. The van der Waals surface area contributed by atoms with Crippen LogP contribution >= 0.6 is 0 Å². The zero-order valence-electron chi connectivity index (χ0n) is 18.6. The highest BCUT2D eigenvalue weighted by Gasteiger charge is 2.40. The minimum atomic E-state index is -1.31. The number of rotatable bonds is 7. The van der Waals surface area contributed by atoms with Gasteiger partial charge in [0.1, 0.15) is 17.8 Å².